The summed E-state index contributed by atoms with van der Waals surface area (Å²) in [6, 6.07) is 20.0. The quantitative estimate of drug-likeness (QED) is 0.309. The lowest BCUT2D eigenvalue weighted by Gasteiger charge is -2.51. The Kier molecular flexibility index (Phi) is 8.35. The fraction of sp³-hybridized carbons (Fsp3) is 0.355. The van der Waals surface area contributed by atoms with E-state index in [9.17, 15) is 14.7 Å². The average molecular weight is 603 g/mol. The molecule has 1 saturated heterocycles. The van der Waals surface area contributed by atoms with E-state index in [-0.39, 0.29) is 24.5 Å². The molecule has 5 rings (SSSR count). The maximum Gasteiger partial charge on any atom is 0.323 e. The van der Waals surface area contributed by atoms with Gasteiger partial charge in [-0.1, -0.05) is 59.1 Å². The van der Waals surface area contributed by atoms with Gasteiger partial charge in [-0.2, -0.15) is 0 Å². The first kappa shape index (κ1) is 28.7. The number of hydrogen-bond acceptors (Lipinski definition) is 4. The SMILES string of the molecule is CC1(C)Oc2ccc(Cl)cc2[C@@H]2O[C@H](Cc3cccc(Cl)c3)[C@H](C(=O)N(CC(=O)O)Cc3ccc(Cl)cc3)C[C@H]21. The van der Waals surface area contributed by atoms with E-state index in [1.165, 1.54) is 4.90 Å². The molecule has 3 aromatic rings. The van der Waals surface area contributed by atoms with Crippen LogP contribution in [0.1, 0.15) is 43.1 Å². The van der Waals surface area contributed by atoms with E-state index in [0.29, 0.717) is 33.7 Å². The standard InChI is InChI=1S/C31H30Cl3NO5/c1-31(2)25-15-24(30(38)35(17-28(36)37)16-18-6-8-20(32)9-7-18)27(13-19-4-3-5-21(33)12-19)39-29(25)23-14-22(34)10-11-26(23)40-31/h3-12,14,24-25,27,29H,13,15-17H2,1-2H3,(H,36,37)/t24-,25-,27-,29+/m1/s1. The number of aliphatic carboxylic acids is 1. The minimum Gasteiger partial charge on any atom is -0.487 e. The summed E-state index contributed by atoms with van der Waals surface area (Å²) < 4.78 is 13.2. The van der Waals surface area contributed by atoms with Gasteiger partial charge < -0.3 is 19.5 Å². The number of carbonyl (C=O) groups is 2. The van der Waals surface area contributed by atoms with Gasteiger partial charge in [0.05, 0.1) is 18.1 Å². The number of amides is 1. The van der Waals surface area contributed by atoms with Crippen LogP contribution in [-0.4, -0.2) is 40.1 Å². The van der Waals surface area contributed by atoms with Gasteiger partial charge in [-0.15, -0.1) is 0 Å². The average Bonchev–Trinajstić information content (AvgIpc) is 2.89. The molecule has 0 saturated carbocycles. The number of carboxylic acid groups (broad SMARTS) is 1. The molecule has 6 nitrogen and oxygen atoms in total. The van der Waals surface area contributed by atoms with Crippen molar-refractivity contribution in [2.24, 2.45) is 11.8 Å². The van der Waals surface area contributed by atoms with E-state index in [4.69, 9.17) is 44.3 Å². The van der Waals surface area contributed by atoms with Crippen molar-refractivity contribution in [3.63, 3.8) is 0 Å². The molecule has 0 unspecified atom stereocenters. The fourth-order valence-electron chi connectivity index (χ4n) is 5.83. The molecule has 2 aliphatic rings. The molecule has 0 aromatic heterocycles. The molecule has 2 aliphatic heterocycles. The third-order valence-corrected chi connectivity index (χ3v) is 8.48. The molecule has 1 N–H and O–H groups in total. The van der Waals surface area contributed by atoms with Crippen molar-refractivity contribution in [2.45, 2.75) is 51.0 Å². The summed E-state index contributed by atoms with van der Waals surface area (Å²) in [6.07, 6.45) is -0.00625. The highest BCUT2D eigenvalue weighted by atomic mass is 35.5. The number of rotatable bonds is 7. The second-order valence-electron chi connectivity index (χ2n) is 11.0. The molecule has 0 radical (unpaired) electrons. The third kappa shape index (κ3) is 6.26. The first-order chi connectivity index (χ1) is 19.0. The monoisotopic (exact) mass is 601 g/mol. The zero-order valence-corrected chi connectivity index (χ0v) is 24.4. The second-order valence-corrected chi connectivity index (χ2v) is 12.3. The Bertz CT molecular complexity index is 1410. The topological polar surface area (TPSA) is 76.1 Å². The molecule has 1 fully saturated rings. The molecule has 210 valence electrons. The van der Waals surface area contributed by atoms with E-state index in [1.54, 1.807) is 36.4 Å². The largest absolute Gasteiger partial charge is 0.487 e. The Balaban J connectivity index is 1.52. The summed E-state index contributed by atoms with van der Waals surface area (Å²) in [5.41, 5.74) is 1.92. The van der Waals surface area contributed by atoms with Crippen LogP contribution in [0.15, 0.2) is 66.7 Å². The summed E-state index contributed by atoms with van der Waals surface area (Å²) >= 11 is 18.7. The first-order valence-electron chi connectivity index (χ1n) is 13.1. The summed E-state index contributed by atoms with van der Waals surface area (Å²) in [4.78, 5) is 27.5. The molecule has 2 heterocycles. The van der Waals surface area contributed by atoms with Gasteiger partial charge in [-0.25, -0.2) is 0 Å². The minimum absolute atomic E-state index is 0.134. The number of halogens is 3. The van der Waals surface area contributed by atoms with Gasteiger partial charge in [0.1, 0.15) is 17.9 Å². The van der Waals surface area contributed by atoms with E-state index in [1.807, 2.05) is 44.2 Å². The zero-order valence-electron chi connectivity index (χ0n) is 22.1. The lowest BCUT2D eigenvalue weighted by Crippen LogP contribution is -2.55. The number of nitrogens with zero attached hydrogens (tertiary/aromatic N) is 1. The molecule has 0 bridgehead atoms. The summed E-state index contributed by atoms with van der Waals surface area (Å²) in [5.74, 6) is -1.46. The Labute approximate surface area is 248 Å². The Morgan fingerprint density at radius 2 is 1.65 bits per heavy atom. The minimum atomic E-state index is -1.09. The van der Waals surface area contributed by atoms with Crippen LogP contribution in [0.2, 0.25) is 15.1 Å². The summed E-state index contributed by atoms with van der Waals surface area (Å²) in [5, 5.41) is 11.4. The predicted octanol–water partition coefficient (Wildman–Crippen LogP) is 7.24. The van der Waals surface area contributed by atoms with Crippen LogP contribution in [-0.2, 0) is 27.3 Å². The van der Waals surface area contributed by atoms with Crippen LogP contribution in [0.5, 0.6) is 5.75 Å². The van der Waals surface area contributed by atoms with E-state index < -0.39 is 30.1 Å². The molecule has 0 aliphatic carbocycles. The smallest absolute Gasteiger partial charge is 0.323 e. The molecule has 1 amide bonds. The van der Waals surface area contributed by atoms with Crippen molar-refractivity contribution < 1.29 is 24.2 Å². The Morgan fingerprint density at radius 3 is 2.35 bits per heavy atom. The van der Waals surface area contributed by atoms with Crippen LogP contribution < -0.4 is 4.74 Å². The zero-order chi connectivity index (χ0) is 28.6. The molecule has 9 heteroatoms. The molecule has 40 heavy (non-hydrogen) atoms. The van der Waals surface area contributed by atoms with E-state index in [2.05, 4.69) is 0 Å². The molecular formula is C31H30Cl3NO5. The fourth-order valence-corrected chi connectivity index (χ4v) is 6.34. The number of benzene rings is 3. The highest BCUT2D eigenvalue weighted by Gasteiger charge is 2.52. The van der Waals surface area contributed by atoms with Crippen LogP contribution in [0, 0.1) is 11.8 Å². The maximum absolute atomic E-state index is 14.2. The van der Waals surface area contributed by atoms with Crippen molar-refractivity contribution >= 4 is 46.7 Å². The number of carbonyl (C=O) groups excluding carboxylic acids is 1. The van der Waals surface area contributed by atoms with Crippen LogP contribution in [0.4, 0.5) is 0 Å². The van der Waals surface area contributed by atoms with Crippen molar-refractivity contribution in [3.05, 3.63) is 98.5 Å². The van der Waals surface area contributed by atoms with Crippen LogP contribution in [0.3, 0.4) is 0 Å². The van der Waals surface area contributed by atoms with Gasteiger partial charge in [-0.05, 0) is 80.3 Å². The molecule has 4 atom stereocenters. The van der Waals surface area contributed by atoms with Gasteiger partial charge in [0.25, 0.3) is 0 Å². The highest BCUT2D eigenvalue weighted by molar-refractivity contribution is 6.31. The van der Waals surface area contributed by atoms with Crippen molar-refractivity contribution in [1.29, 1.82) is 0 Å². The van der Waals surface area contributed by atoms with Crippen LogP contribution >= 0.6 is 34.8 Å². The number of ether oxygens (including phenoxy) is 2. The molecular weight excluding hydrogens is 573 g/mol. The second kappa shape index (κ2) is 11.6. The van der Waals surface area contributed by atoms with Crippen molar-refractivity contribution in [3.8, 4) is 5.75 Å². The predicted molar refractivity (Wildman–Crippen MR) is 155 cm³/mol. The number of hydrogen-bond donors (Lipinski definition) is 1. The van der Waals surface area contributed by atoms with Crippen LogP contribution in [0.25, 0.3) is 0 Å². The lowest BCUT2D eigenvalue weighted by atomic mass is 9.71. The lowest BCUT2D eigenvalue weighted by molar-refractivity contribution is -0.184. The normalized spacial score (nSPS) is 22.9. The Hall–Kier alpha value is -2.77. The highest BCUT2D eigenvalue weighted by Crippen LogP contribution is 2.53. The van der Waals surface area contributed by atoms with E-state index in [0.717, 1.165) is 16.7 Å². The third-order valence-electron chi connectivity index (χ3n) is 7.76. The summed E-state index contributed by atoms with van der Waals surface area (Å²) in [6.45, 7) is 3.68. The van der Waals surface area contributed by atoms with Gasteiger partial charge in [0.2, 0.25) is 5.91 Å². The maximum atomic E-state index is 14.2. The van der Waals surface area contributed by atoms with Gasteiger partial charge >= 0.3 is 5.97 Å². The number of carboxylic acids is 1. The van der Waals surface area contributed by atoms with Gasteiger partial charge in [0, 0.05) is 33.1 Å². The van der Waals surface area contributed by atoms with Gasteiger partial charge in [0.15, 0.2) is 0 Å². The molecule has 0 spiro atoms. The number of fused-ring (bicyclic) bond motifs is 3. The van der Waals surface area contributed by atoms with Crippen molar-refractivity contribution in [1.82, 2.24) is 4.90 Å². The Morgan fingerprint density at radius 1 is 0.950 bits per heavy atom. The molecule has 3 aromatic carbocycles. The summed E-state index contributed by atoms with van der Waals surface area (Å²) in [7, 11) is 0. The van der Waals surface area contributed by atoms with E-state index >= 15 is 0 Å². The van der Waals surface area contributed by atoms with Crippen molar-refractivity contribution in [2.75, 3.05) is 6.54 Å². The first-order valence-corrected chi connectivity index (χ1v) is 14.3. The van der Waals surface area contributed by atoms with Gasteiger partial charge in [-0.3, -0.25) is 9.59 Å².